The molecule has 5 aromatic rings. The molecule has 12 heteroatoms. The molecule has 11 nitrogen and oxygen atoms in total. The van der Waals surface area contributed by atoms with Crippen molar-refractivity contribution in [3.8, 4) is 23.0 Å². The molecular formula is C32H30FN9O2. The van der Waals surface area contributed by atoms with E-state index in [-0.39, 0.29) is 17.3 Å². The van der Waals surface area contributed by atoms with Crippen molar-refractivity contribution in [1.82, 2.24) is 24.7 Å². The number of amides is 1. The summed E-state index contributed by atoms with van der Waals surface area (Å²) in [6.07, 6.45) is 8.48. The summed E-state index contributed by atoms with van der Waals surface area (Å²) in [6.45, 7) is 2.87. The molecule has 2 aliphatic rings. The van der Waals surface area contributed by atoms with Crippen molar-refractivity contribution in [2.45, 2.75) is 12.8 Å². The van der Waals surface area contributed by atoms with Crippen LogP contribution in [0.2, 0.25) is 0 Å². The van der Waals surface area contributed by atoms with E-state index in [0.717, 1.165) is 59.8 Å². The molecule has 3 N–H and O–H groups in total. The van der Waals surface area contributed by atoms with Crippen molar-refractivity contribution < 1.29 is 13.9 Å². The number of nitrogen functional groups attached to an aromatic ring is 1. The van der Waals surface area contributed by atoms with Gasteiger partial charge in [0.05, 0.1) is 18.5 Å². The number of hydrogen-bond acceptors (Lipinski definition) is 9. The molecule has 222 valence electrons. The average molecular weight is 592 g/mol. The number of hydrogen-bond donors (Lipinski definition) is 2. The van der Waals surface area contributed by atoms with Gasteiger partial charge < -0.3 is 25.6 Å². The summed E-state index contributed by atoms with van der Waals surface area (Å²) < 4.78 is 22.0. The molecule has 7 rings (SSSR count). The van der Waals surface area contributed by atoms with E-state index in [9.17, 15) is 4.79 Å². The van der Waals surface area contributed by atoms with Crippen LogP contribution in [0.5, 0.6) is 5.75 Å². The highest BCUT2D eigenvalue weighted by molar-refractivity contribution is 6.07. The van der Waals surface area contributed by atoms with Crippen LogP contribution in [0, 0.1) is 5.82 Å². The van der Waals surface area contributed by atoms with Crippen LogP contribution >= 0.6 is 0 Å². The first-order chi connectivity index (χ1) is 21.5. The lowest BCUT2D eigenvalue weighted by Crippen LogP contribution is -2.46. The quantitative estimate of drug-likeness (QED) is 0.300. The number of carbonyl (C=O) groups is 1. The average Bonchev–Trinajstić information content (AvgIpc) is 3.46. The van der Waals surface area contributed by atoms with E-state index >= 15 is 4.39 Å². The normalized spacial score (nSPS) is 14.1. The van der Waals surface area contributed by atoms with E-state index in [1.807, 2.05) is 35.2 Å². The van der Waals surface area contributed by atoms with E-state index in [1.54, 1.807) is 37.8 Å². The third kappa shape index (κ3) is 5.14. The van der Waals surface area contributed by atoms with Crippen LogP contribution in [0.3, 0.4) is 0 Å². The number of halogens is 1. The maximum Gasteiger partial charge on any atom is 0.261 e. The third-order valence-electron chi connectivity index (χ3n) is 8.13. The van der Waals surface area contributed by atoms with E-state index in [0.29, 0.717) is 24.5 Å². The van der Waals surface area contributed by atoms with Gasteiger partial charge in [0.2, 0.25) is 0 Å². The van der Waals surface area contributed by atoms with Crippen LogP contribution in [0.4, 0.5) is 27.3 Å². The number of aromatic nitrogens is 5. The van der Waals surface area contributed by atoms with E-state index in [4.69, 9.17) is 15.5 Å². The van der Waals surface area contributed by atoms with Crippen LogP contribution < -0.4 is 25.6 Å². The Morgan fingerprint density at radius 3 is 2.52 bits per heavy atom. The molecule has 1 aliphatic carbocycles. The zero-order valence-corrected chi connectivity index (χ0v) is 24.1. The summed E-state index contributed by atoms with van der Waals surface area (Å²) in [7, 11) is 1.65. The molecule has 4 heterocycles. The summed E-state index contributed by atoms with van der Waals surface area (Å²) in [5, 5.41) is 7.04. The Kier molecular flexibility index (Phi) is 7.01. The first kappa shape index (κ1) is 27.3. The lowest BCUT2D eigenvalue weighted by Gasteiger charge is -2.37. The smallest absolute Gasteiger partial charge is 0.261 e. The Bertz CT molecular complexity index is 1850. The van der Waals surface area contributed by atoms with Gasteiger partial charge in [-0.15, -0.1) is 5.10 Å². The van der Waals surface area contributed by atoms with Gasteiger partial charge in [0.25, 0.3) is 11.9 Å². The van der Waals surface area contributed by atoms with Crippen molar-refractivity contribution in [2.75, 3.05) is 54.1 Å². The van der Waals surface area contributed by atoms with Crippen molar-refractivity contribution in [3.05, 3.63) is 95.8 Å². The monoisotopic (exact) mass is 591 g/mol. The van der Waals surface area contributed by atoms with Crippen molar-refractivity contribution in [3.63, 3.8) is 0 Å². The highest BCUT2D eigenvalue weighted by Crippen LogP contribution is 2.34. The zero-order chi connectivity index (χ0) is 30.2. The van der Waals surface area contributed by atoms with Crippen LogP contribution in [0.15, 0.2) is 73.3 Å². The summed E-state index contributed by atoms with van der Waals surface area (Å²) >= 11 is 0. The van der Waals surface area contributed by atoms with Crippen LogP contribution in [-0.2, 0) is 12.8 Å². The molecule has 44 heavy (non-hydrogen) atoms. The predicted molar refractivity (Wildman–Crippen MR) is 166 cm³/mol. The number of ether oxygens (including phenoxy) is 1. The van der Waals surface area contributed by atoms with Crippen molar-refractivity contribution >= 4 is 28.8 Å². The number of methoxy groups -OCH3 is 1. The minimum atomic E-state index is -0.512. The fraction of sp³-hybridized carbons (Fsp3) is 0.219. The molecule has 0 spiro atoms. The van der Waals surface area contributed by atoms with Crippen molar-refractivity contribution in [1.29, 1.82) is 0 Å². The molecule has 2 aromatic carbocycles. The summed E-state index contributed by atoms with van der Waals surface area (Å²) in [4.78, 5) is 30.7. The molecule has 0 saturated carbocycles. The highest BCUT2D eigenvalue weighted by Gasteiger charge is 2.23. The van der Waals surface area contributed by atoms with Crippen molar-refractivity contribution in [2.24, 2.45) is 0 Å². The van der Waals surface area contributed by atoms with Gasteiger partial charge in [-0.25, -0.2) is 19.0 Å². The van der Waals surface area contributed by atoms with Gasteiger partial charge in [0.15, 0.2) is 5.82 Å². The fourth-order valence-electron chi connectivity index (χ4n) is 5.79. The molecule has 1 aliphatic heterocycles. The van der Waals surface area contributed by atoms with E-state index in [2.05, 4.69) is 25.3 Å². The van der Waals surface area contributed by atoms with E-state index in [1.165, 1.54) is 16.9 Å². The predicted octanol–water partition coefficient (Wildman–Crippen LogP) is 4.13. The van der Waals surface area contributed by atoms with Gasteiger partial charge in [-0.3, -0.25) is 9.78 Å². The lowest BCUT2D eigenvalue weighted by molar-refractivity contribution is 0.102. The maximum absolute atomic E-state index is 15.2. The number of nitrogens with zero attached hydrogens (tertiary/aromatic N) is 7. The van der Waals surface area contributed by atoms with Gasteiger partial charge in [-0.2, -0.15) is 0 Å². The van der Waals surface area contributed by atoms with Gasteiger partial charge in [0, 0.05) is 67.9 Å². The topological polar surface area (TPSA) is 127 Å². The number of pyridine rings is 1. The molecule has 1 fully saturated rings. The Hall–Kier alpha value is -5.52. The molecule has 1 saturated heterocycles. The number of carbonyl (C=O) groups excluding carboxylic acids is 1. The second kappa shape index (κ2) is 11.3. The minimum absolute atomic E-state index is 0.0121. The Labute approximate surface area is 253 Å². The van der Waals surface area contributed by atoms with Crippen LogP contribution in [0.25, 0.3) is 17.2 Å². The number of anilines is 4. The number of nitrogens with two attached hydrogens (primary N) is 1. The fourth-order valence-corrected chi connectivity index (χ4v) is 5.79. The molecule has 0 bridgehead atoms. The minimum Gasteiger partial charge on any atom is -0.497 e. The Morgan fingerprint density at radius 1 is 0.977 bits per heavy atom. The number of aryl methyl sites for hydroxylation is 2. The summed E-state index contributed by atoms with van der Waals surface area (Å²) in [5.74, 6) is 0.175. The van der Waals surface area contributed by atoms with Gasteiger partial charge in [0.1, 0.15) is 17.1 Å². The van der Waals surface area contributed by atoms with Gasteiger partial charge in [-0.05, 0) is 72.5 Å². The summed E-state index contributed by atoms with van der Waals surface area (Å²) in [6, 6.07) is 14.6. The second-order valence-electron chi connectivity index (χ2n) is 10.7. The zero-order valence-electron chi connectivity index (χ0n) is 24.1. The molecule has 0 radical (unpaired) electrons. The third-order valence-corrected chi connectivity index (χ3v) is 8.13. The first-order valence-corrected chi connectivity index (χ1v) is 14.4. The van der Waals surface area contributed by atoms with Gasteiger partial charge >= 0.3 is 0 Å². The maximum atomic E-state index is 15.2. The van der Waals surface area contributed by atoms with Crippen LogP contribution in [0.1, 0.15) is 21.5 Å². The Balaban J connectivity index is 1.05. The largest absolute Gasteiger partial charge is 0.497 e. The number of piperazine rings is 1. The number of nitrogens with one attached hydrogen (secondary N) is 1. The van der Waals surface area contributed by atoms with Crippen LogP contribution in [-0.4, -0.2) is 63.9 Å². The molecule has 0 atom stereocenters. The van der Waals surface area contributed by atoms with Gasteiger partial charge in [-0.1, -0.05) is 0 Å². The standard InChI is InChI=1S/C32H30FN9O2/c1-44-24-5-6-25-20(16-24)2-3-21-18-36-32(38-29(21)25)42-19-26(30(34)39-42)31(43)37-22-4-7-28(27(33)17-22)41-14-12-40(13-15-41)23-8-10-35-11-9-23/h4-11,16-19H,2-3,12-15H2,1H3,(H2,34,39)(H,37,43). The lowest BCUT2D eigenvalue weighted by atomic mass is 9.90. The molecule has 1 amide bonds. The SMILES string of the molecule is COc1ccc2c(c1)CCc1cnc(-n3cc(C(=O)Nc4ccc(N5CCN(c6ccncc6)CC5)c(F)c4)c(N)n3)nc1-2. The number of benzene rings is 2. The Morgan fingerprint density at radius 2 is 1.75 bits per heavy atom. The number of fused-ring (bicyclic) bond motifs is 3. The molecule has 0 unspecified atom stereocenters. The molecular weight excluding hydrogens is 561 g/mol. The highest BCUT2D eigenvalue weighted by atomic mass is 19.1. The first-order valence-electron chi connectivity index (χ1n) is 14.4. The second-order valence-corrected chi connectivity index (χ2v) is 10.7. The molecule has 3 aromatic heterocycles. The number of rotatable bonds is 6. The summed E-state index contributed by atoms with van der Waals surface area (Å²) in [5.41, 5.74) is 12.2. The van der Waals surface area contributed by atoms with E-state index < -0.39 is 11.7 Å².